The van der Waals surface area contributed by atoms with E-state index in [-0.39, 0.29) is 24.6 Å². The molecular weight excluding hydrogens is 572 g/mol. The van der Waals surface area contributed by atoms with E-state index in [1.54, 1.807) is 18.8 Å². The quantitative estimate of drug-likeness (QED) is 0.366. The van der Waals surface area contributed by atoms with E-state index in [1.807, 2.05) is 67.4 Å². The number of methoxy groups -OCH3 is 1. The van der Waals surface area contributed by atoms with Crippen molar-refractivity contribution in [3.8, 4) is 28.6 Å². The molecule has 4 bridgehead atoms. The van der Waals surface area contributed by atoms with E-state index >= 15 is 0 Å². The average molecular weight is 607 g/mol. The van der Waals surface area contributed by atoms with Crippen molar-refractivity contribution in [3.05, 3.63) is 76.1 Å². The van der Waals surface area contributed by atoms with Gasteiger partial charge in [-0.2, -0.15) is 5.10 Å². The molecule has 43 heavy (non-hydrogen) atoms. The van der Waals surface area contributed by atoms with Gasteiger partial charge in [0, 0.05) is 44.9 Å². The van der Waals surface area contributed by atoms with Crippen molar-refractivity contribution in [1.29, 1.82) is 0 Å². The number of fused-ring (bicyclic) bond motifs is 5. The van der Waals surface area contributed by atoms with E-state index in [0.717, 1.165) is 16.7 Å². The summed E-state index contributed by atoms with van der Waals surface area (Å²) in [6.07, 6.45) is -0.243. The van der Waals surface area contributed by atoms with Gasteiger partial charge in [-0.3, -0.25) is 19.3 Å². The number of benzene rings is 2. The van der Waals surface area contributed by atoms with Crippen LogP contribution in [0, 0.1) is 6.92 Å². The summed E-state index contributed by atoms with van der Waals surface area (Å²) in [5.74, 6) is 2.57. The molecule has 1 fully saturated rings. The van der Waals surface area contributed by atoms with Crippen molar-refractivity contribution in [1.82, 2.24) is 30.1 Å². The normalized spacial score (nSPS) is 20.0. The molecule has 2 aliphatic rings. The maximum Gasteiger partial charge on any atom is 0.234 e. The first-order chi connectivity index (χ1) is 20.7. The van der Waals surface area contributed by atoms with Crippen molar-refractivity contribution in [2.75, 3.05) is 33.8 Å². The zero-order valence-corrected chi connectivity index (χ0v) is 25.4. The fraction of sp³-hybridized carbons (Fsp3) is 0.387. The summed E-state index contributed by atoms with van der Waals surface area (Å²) in [4.78, 5) is 17.4. The van der Waals surface area contributed by atoms with E-state index in [4.69, 9.17) is 30.3 Å². The minimum atomic E-state index is -0.243. The second-order valence-electron chi connectivity index (χ2n) is 11.2. The molecule has 6 rings (SSSR count). The molecule has 0 radical (unpaired) electrons. The Labute approximate surface area is 255 Å². The molecule has 1 N–H and O–H groups in total. The number of aryl methyl sites for hydroxylation is 2. The lowest BCUT2D eigenvalue weighted by Crippen LogP contribution is -2.47. The number of halogens is 1. The SMILES string of the molecule is COc1ccc2cc1Oc1cccc(c1)CO[C@H]1CN(Cc3c(-c4cc(C)on4)nn(C)c3Cl)C[C@@H]1NC(=O)CN(C)C2. The lowest BCUT2D eigenvalue weighted by atomic mass is 10.1. The number of amides is 1. The molecule has 4 aromatic rings. The Bertz CT molecular complexity index is 1620. The number of likely N-dealkylation sites (tertiary alicyclic amines) is 1. The topological polar surface area (TPSA) is 107 Å². The molecule has 0 saturated carbocycles. The maximum absolute atomic E-state index is 13.2. The molecule has 2 atom stereocenters. The maximum atomic E-state index is 13.2. The summed E-state index contributed by atoms with van der Waals surface area (Å²) in [5, 5.41) is 12.5. The number of carbonyl (C=O) groups is 1. The van der Waals surface area contributed by atoms with Gasteiger partial charge in [0.05, 0.1) is 32.4 Å². The molecule has 0 aliphatic carbocycles. The number of aromatic nitrogens is 3. The fourth-order valence-electron chi connectivity index (χ4n) is 5.68. The number of rotatable bonds is 4. The number of carbonyl (C=O) groups excluding carboxylic acids is 1. The molecule has 2 aliphatic heterocycles. The van der Waals surface area contributed by atoms with E-state index in [9.17, 15) is 4.79 Å². The molecule has 1 saturated heterocycles. The monoisotopic (exact) mass is 606 g/mol. The number of hydrogen-bond donors (Lipinski definition) is 1. The highest BCUT2D eigenvalue weighted by molar-refractivity contribution is 6.30. The van der Waals surface area contributed by atoms with Gasteiger partial charge in [-0.25, -0.2) is 0 Å². The van der Waals surface area contributed by atoms with E-state index in [1.165, 1.54) is 0 Å². The molecule has 12 heteroatoms. The highest BCUT2D eigenvalue weighted by Gasteiger charge is 2.36. The van der Waals surface area contributed by atoms with Gasteiger partial charge in [-0.05, 0) is 49.4 Å². The Kier molecular flexibility index (Phi) is 8.40. The van der Waals surface area contributed by atoms with Crippen molar-refractivity contribution in [2.45, 2.75) is 38.8 Å². The van der Waals surface area contributed by atoms with Crippen LogP contribution in [0.25, 0.3) is 11.4 Å². The molecular formula is C31H35ClN6O5. The van der Waals surface area contributed by atoms with Gasteiger partial charge >= 0.3 is 0 Å². The van der Waals surface area contributed by atoms with E-state index in [2.05, 4.69) is 20.5 Å². The van der Waals surface area contributed by atoms with Crippen molar-refractivity contribution in [2.24, 2.45) is 7.05 Å². The lowest BCUT2D eigenvalue weighted by Gasteiger charge is -2.23. The van der Waals surface area contributed by atoms with Gasteiger partial charge in [0.25, 0.3) is 0 Å². The number of nitrogens with one attached hydrogen (secondary N) is 1. The number of likely N-dealkylation sites (N-methyl/N-ethyl adjacent to an activating group) is 1. The zero-order valence-electron chi connectivity index (χ0n) is 24.7. The van der Waals surface area contributed by atoms with Crippen LogP contribution in [-0.2, 0) is 36.3 Å². The smallest absolute Gasteiger partial charge is 0.234 e. The third-order valence-electron chi connectivity index (χ3n) is 7.69. The van der Waals surface area contributed by atoms with Crippen LogP contribution >= 0.6 is 11.6 Å². The van der Waals surface area contributed by atoms with Gasteiger partial charge in [0.1, 0.15) is 28.1 Å². The fourth-order valence-corrected chi connectivity index (χ4v) is 5.86. The van der Waals surface area contributed by atoms with Gasteiger partial charge in [-0.15, -0.1) is 0 Å². The summed E-state index contributed by atoms with van der Waals surface area (Å²) >= 11 is 6.70. The Balaban J connectivity index is 1.25. The molecule has 11 nitrogen and oxygen atoms in total. The van der Waals surface area contributed by atoms with Crippen molar-refractivity contribution in [3.63, 3.8) is 0 Å². The summed E-state index contributed by atoms with van der Waals surface area (Å²) in [6, 6.07) is 15.3. The predicted octanol–water partition coefficient (Wildman–Crippen LogP) is 4.17. The molecule has 0 spiro atoms. The highest BCUT2D eigenvalue weighted by Crippen LogP contribution is 2.34. The van der Waals surface area contributed by atoms with Crippen molar-refractivity contribution < 1.29 is 23.5 Å². The summed E-state index contributed by atoms with van der Waals surface area (Å²) in [7, 11) is 5.34. The van der Waals surface area contributed by atoms with Crippen molar-refractivity contribution >= 4 is 17.5 Å². The molecule has 2 aromatic heterocycles. The second kappa shape index (κ2) is 12.4. The largest absolute Gasteiger partial charge is 0.493 e. The first-order valence-corrected chi connectivity index (χ1v) is 14.5. The molecule has 2 aromatic carbocycles. The first-order valence-electron chi connectivity index (χ1n) is 14.2. The Morgan fingerprint density at radius 2 is 1.95 bits per heavy atom. The predicted molar refractivity (Wildman–Crippen MR) is 160 cm³/mol. The summed E-state index contributed by atoms with van der Waals surface area (Å²) in [6.45, 7) is 4.70. The first kappa shape index (κ1) is 29.2. The van der Waals surface area contributed by atoms with Crippen LogP contribution in [0.4, 0.5) is 0 Å². The zero-order chi connectivity index (χ0) is 30.1. The van der Waals surface area contributed by atoms with Crippen LogP contribution in [-0.4, -0.2) is 76.6 Å². The van der Waals surface area contributed by atoms with Crippen LogP contribution < -0.4 is 14.8 Å². The summed E-state index contributed by atoms with van der Waals surface area (Å²) < 4.78 is 25.2. The minimum Gasteiger partial charge on any atom is -0.493 e. The number of nitrogens with zero attached hydrogens (tertiary/aromatic N) is 5. The average Bonchev–Trinajstić information content (AvgIpc) is 3.65. The standard InChI is InChI=1S/C31H35ClN6O5/c1-19-10-24(35-43-19)30-23(31(32)37(3)34-30)14-38-15-25-28(16-38)41-18-21-6-5-7-22(11-21)42-27-12-20(8-9-26(27)40-4)13-36(2)17-29(39)33-25/h5-12,25,28H,13-18H2,1-4H3,(H,33,39)/t25-,28-/m0/s1. The molecule has 0 unspecified atom stereocenters. The molecule has 1 amide bonds. The van der Waals surface area contributed by atoms with Gasteiger partial charge in [-0.1, -0.05) is 35.0 Å². The number of ether oxygens (including phenoxy) is 3. The highest BCUT2D eigenvalue weighted by atomic mass is 35.5. The van der Waals surface area contributed by atoms with E-state index < -0.39 is 0 Å². The Morgan fingerprint density at radius 3 is 2.74 bits per heavy atom. The molecule has 226 valence electrons. The van der Waals surface area contributed by atoms with Gasteiger partial charge in [0.15, 0.2) is 11.5 Å². The minimum absolute atomic E-state index is 0.0693. The Morgan fingerprint density at radius 1 is 1.09 bits per heavy atom. The lowest BCUT2D eigenvalue weighted by molar-refractivity contribution is -0.123. The second-order valence-corrected chi connectivity index (χ2v) is 11.5. The van der Waals surface area contributed by atoms with Crippen LogP contribution in [0.5, 0.6) is 17.2 Å². The van der Waals surface area contributed by atoms with Gasteiger partial charge < -0.3 is 24.1 Å². The van der Waals surface area contributed by atoms with E-state index in [0.29, 0.717) is 72.3 Å². The van der Waals surface area contributed by atoms with Crippen LogP contribution in [0.3, 0.4) is 0 Å². The number of hydrogen-bond acceptors (Lipinski definition) is 9. The van der Waals surface area contributed by atoms with Crippen LogP contribution in [0.2, 0.25) is 5.15 Å². The Hall–Kier alpha value is -3.90. The van der Waals surface area contributed by atoms with Gasteiger partial charge in [0.2, 0.25) is 5.91 Å². The summed E-state index contributed by atoms with van der Waals surface area (Å²) in [5.41, 5.74) is 4.13. The van der Waals surface area contributed by atoms with Crippen LogP contribution in [0.1, 0.15) is 22.5 Å². The third-order valence-corrected chi connectivity index (χ3v) is 8.17. The third kappa shape index (κ3) is 6.54. The molecule has 4 heterocycles. The van der Waals surface area contributed by atoms with Crippen LogP contribution in [0.15, 0.2) is 53.1 Å².